The maximum atomic E-state index is 13.6. The van der Waals surface area contributed by atoms with Crippen LogP contribution in [0.2, 0.25) is 0 Å². The van der Waals surface area contributed by atoms with E-state index in [0.717, 1.165) is 41.6 Å². The van der Waals surface area contributed by atoms with Gasteiger partial charge in [-0.05, 0) is 52.9 Å². The summed E-state index contributed by atoms with van der Waals surface area (Å²) < 4.78 is 54.7. The van der Waals surface area contributed by atoms with Gasteiger partial charge in [0.1, 0.15) is 17.7 Å². The first kappa shape index (κ1) is 26.6. The molecule has 2 amide bonds. The van der Waals surface area contributed by atoms with E-state index in [1.807, 2.05) is 18.2 Å². The molecule has 11 nitrogen and oxygen atoms in total. The number of nitrogens with one attached hydrogen (secondary N) is 2. The molecule has 1 atom stereocenters. The number of hydrogen-bond donors (Lipinski definition) is 2. The number of benzene rings is 2. The van der Waals surface area contributed by atoms with Crippen molar-refractivity contribution in [2.24, 2.45) is 7.05 Å². The topological polar surface area (TPSA) is 137 Å². The van der Waals surface area contributed by atoms with Crippen molar-refractivity contribution in [2.75, 3.05) is 0 Å². The van der Waals surface area contributed by atoms with Crippen molar-refractivity contribution in [3.05, 3.63) is 82.7 Å². The number of aryl methyl sites for hydroxylation is 2. The molecule has 15 heteroatoms. The summed E-state index contributed by atoms with van der Waals surface area (Å²) in [6, 6.07) is 9.47. The number of hydrogen-bond acceptors (Lipinski definition) is 8. The molecule has 2 aromatic carbocycles. The number of rotatable bonds is 7. The molecule has 0 bridgehead atoms. The first-order valence-corrected chi connectivity index (χ1v) is 11.9. The van der Waals surface area contributed by atoms with Crippen molar-refractivity contribution in [2.45, 2.75) is 31.8 Å². The van der Waals surface area contributed by atoms with E-state index >= 15 is 0 Å². The van der Waals surface area contributed by atoms with Gasteiger partial charge in [0.05, 0.1) is 13.1 Å². The lowest BCUT2D eigenvalue weighted by atomic mass is 10.0. The molecular formula is C25H20F4N8O3. The van der Waals surface area contributed by atoms with Gasteiger partial charge in [-0.15, -0.1) is 23.4 Å². The fourth-order valence-electron chi connectivity index (χ4n) is 4.28. The van der Waals surface area contributed by atoms with E-state index in [2.05, 4.69) is 40.7 Å². The van der Waals surface area contributed by atoms with E-state index in [4.69, 9.17) is 0 Å². The lowest BCUT2D eigenvalue weighted by molar-refractivity contribution is -0.275. The molecular weight excluding hydrogens is 536 g/mol. The van der Waals surface area contributed by atoms with Gasteiger partial charge in [-0.1, -0.05) is 18.2 Å². The van der Waals surface area contributed by atoms with Gasteiger partial charge in [0.2, 0.25) is 5.82 Å². The summed E-state index contributed by atoms with van der Waals surface area (Å²) >= 11 is 0. The predicted octanol–water partition coefficient (Wildman–Crippen LogP) is 3.05. The van der Waals surface area contributed by atoms with Crippen LogP contribution in [0.4, 0.5) is 17.6 Å². The number of ether oxygens (including phenoxy) is 1. The molecule has 0 aliphatic heterocycles. The number of amides is 2. The molecule has 0 saturated heterocycles. The van der Waals surface area contributed by atoms with E-state index in [0.29, 0.717) is 12.2 Å². The maximum absolute atomic E-state index is 13.6. The molecule has 0 fully saturated rings. The van der Waals surface area contributed by atoms with E-state index < -0.39 is 29.7 Å². The van der Waals surface area contributed by atoms with E-state index in [9.17, 15) is 27.2 Å². The smallest absolute Gasteiger partial charge is 0.403 e. The third-order valence-corrected chi connectivity index (χ3v) is 6.10. The summed E-state index contributed by atoms with van der Waals surface area (Å²) in [7, 11) is 1.68. The molecule has 2 heterocycles. The largest absolute Gasteiger partial charge is 0.573 e. The van der Waals surface area contributed by atoms with Crippen LogP contribution in [0.25, 0.3) is 11.4 Å². The number of nitrogens with zero attached hydrogens (tertiary/aromatic N) is 6. The highest BCUT2D eigenvalue weighted by Crippen LogP contribution is 2.33. The maximum Gasteiger partial charge on any atom is 0.573 e. The van der Waals surface area contributed by atoms with E-state index in [1.54, 1.807) is 7.05 Å². The van der Waals surface area contributed by atoms with Crippen LogP contribution in [0.15, 0.2) is 48.8 Å². The van der Waals surface area contributed by atoms with Crippen LogP contribution in [0.3, 0.4) is 0 Å². The van der Waals surface area contributed by atoms with Gasteiger partial charge in [-0.3, -0.25) is 9.59 Å². The van der Waals surface area contributed by atoms with Crippen LogP contribution in [-0.4, -0.2) is 48.4 Å². The van der Waals surface area contributed by atoms with Crippen molar-refractivity contribution in [1.29, 1.82) is 0 Å². The summed E-state index contributed by atoms with van der Waals surface area (Å²) in [5, 5.41) is 17.4. The van der Waals surface area contributed by atoms with Gasteiger partial charge in [0.15, 0.2) is 11.6 Å². The number of carbonyl (C=O) groups excluding carboxylic acids is 2. The fourth-order valence-corrected chi connectivity index (χ4v) is 4.28. The normalized spacial score (nSPS) is 14.5. The zero-order valence-electron chi connectivity index (χ0n) is 20.7. The summed E-state index contributed by atoms with van der Waals surface area (Å²) in [4.78, 5) is 34.7. The summed E-state index contributed by atoms with van der Waals surface area (Å²) in [5.74, 6) is -2.95. The SMILES string of the molecule is Cn1nnc(-c2ccc3c(c2)CC[C@H]3NC(=O)c2cc(C(=O)NCc3ccc(F)c(OC(F)(F)F)c3)ncn2)n1. The zero-order chi connectivity index (χ0) is 28.4. The van der Waals surface area contributed by atoms with Crippen LogP contribution in [0.5, 0.6) is 5.75 Å². The molecule has 0 spiro atoms. The number of alkyl halides is 3. The standard InChI is InChI=1S/C25H20F4N8O3/c1-37-35-22(34-36-37)15-3-5-16-14(9-15)4-7-18(16)33-24(39)20-10-19(31-12-32-20)23(38)30-11-13-2-6-17(26)21(8-13)40-25(27,28)29/h2-3,5-6,8-10,12,18H,4,7,11H2,1H3,(H,30,38)(H,33,39)/t18-/m1/s1. The molecule has 2 N–H and O–H groups in total. The van der Waals surface area contributed by atoms with Gasteiger partial charge in [0.25, 0.3) is 11.8 Å². The van der Waals surface area contributed by atoms with Gasteiger partial charge in [-0.25, -0.2) is 14.4 Å². The highest BCUT2D eigenvalue weighted by atomic mass is 19.4. The number of tetrazole rings is 1. The summed E-state index contributed by atoms with van der Waals surface area (Å²) in [6.07, 6.45) is -2.63. The third-order valence-electron chi connectivity index (χ3n) is 6.10. The average Bonchev–Trinajstić information content (AvgIpc) is 3.54. The Morgan fingerprint density at radius 1 is 1.07 bits per heavy atom. The molecule has 40 heavy (non-hydrogen) atoms. The van der Waals surface area contributed by atoms with E-state index in [1.165, 1.54) is 16.9 Å². The number of carbonyl (C=O) groups is 2. The molecule has 2 aromatic heterocycles. The first-order chi connectivity index (χ1) is 19.1. The second-order valence-corrected chi connectivity index (χ2v) is 8.86. The molecule has 1 aliphatic carbocycles. The highest BCUT2D eigenvalue weighted by molar-refractivity contribution is 5.97. The van der Waals surface area contributed by atoms with Crippen molar-refractivity contribution in [3.63, 3.8) is 0 Å². The molecule has 5 rings (SSSR count). The molecule has 0 unspecified atom stereocenters. The van der Waals surface area contributed by atoms with Crippen LogP contribution in [-0.2, 0) is 20.0 Å². The first-order valence-electron chi connectivity index (χ1n) is 11.9. The van der Waals surface area contributed by atoms with E-state index in [-0.39, 0.29) is 29.5 Å². The molecule has 0 saturated carbocycles. The predicted molar refractivity (Wildman–Crippen MR) is 129 cm³/mol. The Kier molecular flexibility index (Phi) is 7.11. The van der Waals surface area contributed by atoms with Gasteiger partial charge in [-0.2, -0.15) is 4.80 Å². The molecule has 1 aliphatic rings. The van der Waals surface area contributed by atoms with Crippen LogP contribution in [0, 0.1) is 5.82 Å². The Labute approximate surface area is 223 Å². The lowest BCUT2D eigenvalue weighted by Gasteiger charge is -2.14. The Hall–Kier alpha value is -4.95. The third kappa shape index (κ3) is 6.03. The Bertz CT molecular complexity index is 1590. The number of fused-ring (bicyclic) bond motifs is 1. The van der Waals surface area contributed by atoms with Crippen LogP contribution in [0.1, 0.15) is 50.1 Å². The summed E-state index contributed by atoms with van der Waals surface area (Å²) in [5.41, 5.74) is 2.77. The molecule has 4 aromatic rings. The minimum Gasteiger partial charge on any atom is -0.403 e. The Morgan fingerprint density at radius 2 is 1.85 bits per heavy atom. The molecule has 0 radical (unpaired) electrons. The number of halogens is 4. The number of aromatic nitrogens is 6. The molecule has 206 valence electrons. The van der Waals surface area contributed by atoms with Crippen LogP contribution >= 0.6 is 0 Å². The van der Waals surface area contributed by atoms with Gasteiger partial charge >= 0.3 is 6.36 Å². The minimum absolute atomic E-state index is 0.0448. The van der Waals surface area contributed by atoms with Crippen molar-refractivity contribution < 1.29 is 31.9 Å². The second kappa shape index (κ2) is 10.7. The second-order valence-electron chi connectivity index (χ2n) is 8.86. The summed E-state index contributed by atoms with van der Waals surface area (Å²) in [6.45, 7) is -0.246. The van der Waals surface area contributed by atoms with Crippen molar-refractivity contribution >= 4 is 11.8 Å². The quantitative estimate of drug-likeness (QED) is 0.332. The monoisotopic (exact) mass is 556 g/mol. The lowest BCUT2D eigenvalue weighted by Crippen LogP contribution is -2.29. The Balaban J connectivity index is 1.22. The average molecular weight is 556 g/mol. The highest BCUT2D eigenvalue weighted by Gasteiger charge is 2.32. The fraction of sp³-hybridized carbons (Fsp3) is 0.240. The van der Waals surface area contributed by atoms with Crippen molar-refractivity contribution in [3.8, 4) is 17.1 Å². The van der Waals surface area contributed by atoms with Crippen molar-refractivity contribution in [1.82, 2.24) is 40.8 Å². The Morgan fingerprint density at radius 3 is 2.58 bits per heavy atom. The van der Waals surface area contributed by atoms with Crippen LogP contribution < -0.4 is 15.4 Å². The zero-order valence-corrected chi connectivity index (χ0v) is 20.7. The van der Waals surface area contributed by atoms with Gasteiger partial charge in [0, 0.05) is 18.2 Å². The van der Waals surface area contributed by atoms with Gasteiger partial charge < -0.3 is 15.4 Å². The minimum atomic E-state index is -5.07.